The van der Waals surface area contributed by atoms with E-state index in [9.17, 15) is 4.79 Å². The Morgan fingerprint density at radius 2 is 1.72 bits per heavy atom. The van der Waals surface area contributed by atoms with E-state index in [2.05, 4.69) is 28.1 Å². The molecule has 36 heavy (non-hydrogen) atoms. The molecule has 3 aromatic carbocycles. The van der Waals surface area contributed by atoms with Gasteiger partial charge in [-0.25, -0.2) is 4.98 Å². The monoisotopic (exact) mass is 485 g/mol. The number of nitrogens with one attached hydrogen (secondary N) is 1. The lowest BCUT2D eigenvalue weighted by molar-refractivity contribution is 0.0953. The maximum atomic E-state index is 12.3. The van der Waals surface area contributed by atoms with Crippen LogP contribution in [0, 0.1) is 6.92 Å². The summed E-state index contributed by atoms with van der Waals surface area (Å²) in [6, 6.07) is 23.7. The number of fused-ring (bicyclic) bond motifs is 1. The second-order valence-corrected chi connectivity index (χ2v) is 8.98. The lowest BCUT2D eigenvalue weighted by Crippen LogP contribution is -2.24. The minimum absolute atomic E-state index is 0.00652. The van der Waals surface area contributed by atoms with Crippen LogP contribution in [-0.2, 0) is 13.0 Å². The molecular weight excluding hydrogens is 450 g/mol. The molecule has 0 saturated carbocycles. The number of hydrogen-bond acceptors (Lipinski definition) is 4. The highest BCUT2D eigenvalue weighted by molar-refractivity contribution is 5.94. The number of rotatable bonds is 13. The summed E-state index contributed by atoms with van der Waals surface area (Å²) in [5.74, 6) is 2.72. The summed E-state index contributed by atoms with van der Waals surface area (Å²) in [5, 5.41) is 3.02. The minimum atomic E-state index is -0.00652. The number of carbonyl (C=O) groups is 1. The summed E-state index contributed by atoms with van der Waals surface area (Å²) in [6.07, 6.45) is 4.82. The van der Waals surface area contributed by atoms with Gasteiger partial charge in [-0.05, 0) is 62.6 Å². The highest BCUT2D eigenvalue weighted by Crippen LogP contribution is 2.21. The predicted octanol–water partition coefficient (Wildman–Crippen LogP) is 5.97. The lowest BCUT2D eigenvalue weighted by atomic mass is 10.1. The molecule has 4 rings (SSSR count). The van der Waals surface area contributed by atoms with Gasteiger partial charge in [0.25, 0.3) is 5.91 Å². The lowest BCUT2D eigenvalue weighted by Gasteiger charge is -2.11. The van der Waals surface area contributed by atoms with E-state index in [1.54, 1.807) is 7.11 Å². The number of nitrogens with zero attached hydrogens (tertiary/aromatic N) is 2. The summed E-state index contributed by atoms with van der Waals surface area (Å²) in [4.78, 5) is 17.2. The van der Waals surface area contributed by atoms with E-state index in [0.29, 0.717) is 18.7 Å². The SMILES string of the molecule is COc1cccc(OCCCn2c(CCCCCNC(=O)c3ccc(C)cc3)nc3ccccc32)c1. The zero-order chi connectivity index (χ0) is 25.2. The third kappa shape index (κ3) is 6.87. The van der Waals surface area contributed by atoms with Crippen molar-refractivity contribution in [3.8, 4) is 11.5 Å². The Hall–Kier alpha value is -3.80. The highest BCUT2D eigenvalue weighted by Gasteiger charge is 2.10. The second-order valence-electron chi connectivity index (χ2n) is 8.98. The van der Waals surface area contributed by atoms with Gasteiger partial charge in [0.2, 0.25) is 0 Å². The van der Waals surface area contributed by atoms with E-state index in [-0.39, 0.29) is 5.91 Å². The van der Waals surface area contributed by atoms with E-state index < -0.39 is 0 Å². The van der Waals surface area contributed by atoms with E-state index in [1.165, 1.54) is 5.52 Å². The first-order chi connectivity index (χ1) is 17.6. The Morgan fingerprint density at radius 3 is 2.56 bits per heavy atom. The summed E-state index contributed by atoms with van der Waals surface area (Å²) in [5.41, 5.74) is 4.07. The number of imidazole rings is 1. The van der Waals surface area contributed by atoms with Crippen molar-refractivity contribution in [3.05, 3.63) is 89.7 Å². The molecule has 6 heteroatoms. The Labute approximate surface area is 213 Å². The molecule has 1 N–H and O–H groups in total. The van der Waals surface area contributed by atoms with Crippen LogP contribution >= 0.6 is 0 Å². The molecule has 0 unspecified atom stereocenters. The van der Waals surface area contributed by atoms with Crippen molar-refractivity contribution in [2.45, 2.75) is 45.6 Å². The van der Waals surface area contributed by atoms with Crippen molar-refractivity contribution in [3.63, 3.8) is 0 Å². The van der Waals surface area contributed by atoms with Gasteiger partial charge in [-0.15, -0.1) is 0 Å². The second kappa shape index (κ2) is 12.8. The molecule has 6 nitrogen and oxygen atoms in total. The Bertz CT molecular complexity index is 1260. The minimum Gasteiger partial charge on any atom is -0.497 e. The molecule has 4 aromatic rings. The molecule has 0 aliphatic heterocycles. The van der Waals surface area contributed by atoms with Crippen molar-refractivity contribution in [2.24, 2.45) is 0 Å². The summed E-state index contributed by atoms with van der Waals surface area (Å²) in [7, 11) is 1.66. The van der Waals surface area contributed by atoms with Crippen LogP contribution in [0.5, 0.6) is 11.5 Å². The van der Waals surface area contributed by atoms with Gasteiger partial charge in [0, 0.05) is 31.1 Å². The number of unbranched alkanes of at least 4 members (excludes halogenated alkanes) is 2. The van der Waals surface area contributed by atoms with Crippen LogP contribution in [0.4, 0.5) is 0 Å². The molecule has 0 bridgehead atoms. The van der Waals surface area contributed by atoms with Crippen LogP contribution in [0.1, 0.15) is 47.4 Å². The smallest absolute Gasteiger partial charge is 0.251 e. The number of hydrogen-bond donors (Lipinski definition) is 1. The molecular formula is C30H35N3O3. The van der Waals surface area contributed by atoms with Gasteiger partial charge in [0.05, 0.1) is 24.8 Å². The largest absolute Gasteiger partial charge is 0.497 e. The molecule has 0 radical (unpaired) electrons. The molecule has 1 heterocycles. The maximum Gasteiger partial charge on any atom is 0.251 e. The fourth-order valence-corrected chi connectivity index (χ4v) is 4.26. The quantitative estimate of drug-likeness (QED) is 0.237. The molecule has 1 amide bonds. The van der Waals surface area contributed by atoms with Gasteiger partial charge in [-0.2, -0.15) is 0 Å². The Kier molecular flexibility index (Phi) is 8.98. The first-order valence-corrected chi connectivity index (χ1v) is 12.7. The molecule has 0 aliphatic rings. The number of para-hydroxylation sites is 2. The van der Waals surface area contributed by atoms with Crippen molar-refractivity contribution in [2.75, 3.05) is 20.3 Å². The number of carbonyl (C=O) groups excluding carboxylic acids is 1. The van der Waals surface area contributed by atoms with Crippen LogP contribution in [0.25, 0.3) is 11.0 Å². The number of methoxy groups -OCH3 is 1. The highest BCUT2D eigenvalue weighted by atomic mass is 16.5. The Morgan fingerprint density at radius 1 is 0.917 bits per heavy atom. The Balaban J connectivity index is 1.24. The number of aryl methyl sites for hydroxylation is 3. The van der Waals surface area contributed by atoms with Gasteiger partial charge in [-0.1, -0.05) is 42.3 Å². The van der Waals surface area contributed by atoms with Crippen LogP contribution in [0.15, 0.2) is 72.8 Å². The summed E-state index contributed by atoms with van der Waals surface area (Å²) < 4.78 is 13.5. The zero-order valence-corrected chi connectivity index (χ0v) is 21.2. The fraction of sp³-hybridized carbons (Fsp3) is 0.333. The van der Waals surface area contributed by atoms with Gasteiger partial charge in [0.15, 0.2) is 0 Å². The molecule has 188 valence electrons. The van der Waals surface area contributed by atoms with Crippen molar-refractivity contribution >= 4 is 16.9 Å². The van der Waals surface area contributed by atoms with Crippen LogP contribution < -0.4 is 14.8 Å². The first-order valence-electron chi connectivity index (χ1n) is 12.7. The van der Waals surface area contributed by atoms with E-state index in [0.717, 1.165) is 67.1 Å². The standard InChI is InChI=1S/C30H35N3O3/c1-23-15-17-24(18-16-23)30(34)31-19-7-3-4-14-29-32-27-12-5-6-13-28(27)33(29)20-9-21-36-26-11-8-10-25(22-26)35-2/h5-6,8,10-13,15-18,22H,3-4,7,9,14,19-21H2,1-2H3,(H,31,34). The van der Waals surface area contributed by atoms with Crippen LogP contribution in [-0.4, -0.2) is 35.7 Å². The topological polar surface area (TPSA) is 65.4 Å². The molecule has 0 fully saturated rings. The van der Waals surface area contributed by atoms with Gasteiger partial charge >= 0.3 is 0 Å². The first kappa shape index (κ1) is 25.3. The number of benzene rings is 3. The van der Waals surface area contributed by atoms with E-state index >= 15 is 0 Å². The molecule has 0 spiro atoms. The number of amides is 1. The molecule has 0 aliphatic carbocycles. The fourth-order valence-electron chi connectivity index (χ4n) is 4.26. The molecule has 0 atom stereocenters. The molecule has 1 aromatic heterocycles. The van der Waals surface area contributed by atoms with Crippen LogP contribution in [0.2, 0.25) is 0 Å². The van der Waals surface area contributed by atoms with Crippen molar-refractivity contribution < 1.29 is 14.3 Å². The van der Waals surface area contributed by atoms with Gasteiger partial charge in [-0.3, -0.25) is 4.79 Å². The third-order valence-corrected chi connectivity index (χ3v) is 6.25. The van der Waals surface area contributed by atoms with Crippen molar-refractivity contribution in [1.29, 1.82) is 0 Å². The van der Waals surface area contributed by atoms with Gasteiger partial charge < -0.3 is 19.4 Å². The van der Waals surface area contributed by atoms with E-state index in [4.69, 9.17) is 14.5 Å². The summed E-state index contributed by atoms with van der Waals surface area (Å²) >= 11 is 0. The van der Waals surface area contributed by atoms with Crippen molar-refractivity contribution in [1.82, 2.24) is 14.9 Å². The summed E-state index contributed by atoms with van der Waals surface area (Å²) in [6.45, 7) is 4.18. The van der Waals surface area contributed by atoms with E-state index in [1.807, 2.05) is 61.5 Å². The third-order valence-electron chi connectivity index (χ3n) is 6.25. The maximum absolute atomic E-state index is 12.3. The predicted molar refractivity (Wildman–Crippen MR) is 144 cm³/mol. The average molecular weight is 486 g/mol. The number of aromatic nitrogens is 2. The van der Waals surface area contributed by atoms with Gasteiger partial charge in [0.1, 0.15) is 17.3 Å². The number of ether oxygens (including phenoxy) is 2. The normalized spacial score (nSPS) is 10.9. The zero-order valence-electron chi connectivity index (χ0n) is 21.2. The van der Waals surface area contributed by atoms with Crippen LogP contribution in [0.3, 0.4) is 0 Å². The average Bonchev–Trinajstić information content (AvgIpc) is 3.26. The molecule has 0 saturated heterocycles.